The molecule has 26 heavy (non-hydrogen) atoms. The lowest BCUT2D eigenvalue weighted by molar-refractivity contribution is -0.0915. The van der Waals surface area contributed by atoms with Crippen LogP contribution in [0.2, 0.25) is 0 Å². The molecule has 2 aromatic rings. The van der Waals surface area contributed by atoms with Crippen molar-refractivity contribution in [3.05, 3.63) is 42.2 Å². The smallest absolute Gasteiger partial charge is 0.257 e. The van der Waals surface area contributed by atoms with Crippen LogP contribution in [0.1, 0.15) is 41.6 Å². The van der Waals surface area contributed by atoms with Crippen LogP contribution in [0.4, 0.5) is 5.95 Å². The molecule has 2 unspecified atom stereocenters. The molecule has 0 aromatic carbocycles. The molecule has 5 heterocycles. The second kappa shape index (κ2) is 5.98. The molecule has 2 aromatic heterocycles. The third-order valence-electron chi connectivity index (χ3n) is 5.56. The molecule has 1 amide bonds. The van der Waals surface area contributed by atoms with E-state index in [4.69, 9.17) is 4.74 Å². The van der Waals surface area contributed by atoms with E-state index in [-0.39, 0.29) is 23.6 Å². The minimum absolute atomic E-state index is 0.00727. The zero-order valence-electron chi connectivity index (χ0n) is 14.3. The molecule has 3 saturated heterocycles. The van der Waals surface area contributed by atoms with Gasteiger partial charge in [0.1, 0.15) is 6.33 Å². The standard InChI is InChI=1S/C18H20N6O2/c25-16(24-9-15-2-1-14(24)10-26-15)12-5-21-17(22-6-12)23-18(3-4-18)13-7-19-11-20-8-13/h5-8,11,14-15H,1-4,9-10H2,(H,21,22,23). The van der Waals surface area contributed by atoms with E-state index in [9.17, 15) is 4.79 Å². The van der Waals surface area contributed by atoms with E-state index in [0.717, 1.165) is 31.2 Å². The molecule has 8 heteroatoms. The van der Waals surface area contributed by atoms with Gasteiger partial charge in [0.25, 0.3) is 5.91 Å². The van der Waals surface area contributed by atoms with E-state index < -0.39 is 0 Å². The van der Waals surface area contributed by atoms with Crippen molar-refractivity contribution in [1.82, 2.24) is 24.8 Å². The summed E-state index contributed by atoms with van der Waals surface area (Å²) in [7, 11) is 0. The molecule has 1 saturated carbocycles. The number of fused-ring (bicyclic) bond motifs is 3. The van der Waals surface area contributed by atoms with E-state index in [1.54, 1.807) is 12.4 Å². The van der Waals surface area contributed by atoms with E-state index in [0.29, 0.717) is 24.7 Å². The van der Waals surface area contributed by atoms with Crippen molar-refractivity contribution < 1.29 is 9.53 Å². The van der Waals surface area contributed by atoms with Gasteiger partial charge in [0, 0.05) is 36.9 Å². The van der Waals surface area contributed by atoms with Gasteiger partial charge in [-0.3, -0.25) is 4.79 Å². The average molecular weight is 352 g/mol. The van der Waals surface area contributed by atoms with Gasteiger partial charge in [0.2, 0.25) is 5.95 Å². The Morgan fingerprint density at radius 2 is 1.92 bits per heavy atom. The molecule has 8 nitrogen and oxygen atoms in total. The number of morpholine rings is 1. The zero-order valence-corrected chi connectivity index (χ0v) is 14.3. The van der Waals surface area contributed by atoms with Crippen LogP contribution in [0, 0.1) is 0 Å². The first kappa shape index (κ1) is 15.6. The van der Waals surface area contributed by atoms with Gasteiger partial charge < -0.3 is 15.0 Å². The van der Waals surface area contributed by atoms with Crippen LogP contribution in [0.15, 0.2) is 31.1 Å². The summed E-state index contributed by atoms with van der Waals surface area (Å²) in [4.78, 5) is 31.6. The number of nitrogens with zero attached hydrogens (tertiary/aromatic N) is 5. The highest BCUT2D eigenvalue weighted by Crippen LogP contribution is 2.47. The Morgan fingerprint density at radius 1 is 1.15 bits per heavy atom. The molecule has 2 bridgehead atoms. The van der Waals surface area contributed by atoms with Gasteiger partial charge in [-0.15, -0.1) is 0 Å². The van der Waals surface area contributed by atoms with Crippen LogP contribution >= 0.6 is 0 Å². The second-order valence-corrected chi connectivity index (χ2v) is 7.27. The van der Waals surface area contributed by atoms with E-state index >= 15 is 0 Å². The van der Waals surface area contributed by atoms with Crippen molar-refractivity contribution in [1.29, 1.82) is 0 Å². The summed E-state index contributed by atoms with van der Waals surface area (Å²) in [6.07, 6.45) is 12.6. The van der Waals surface area contributed by atoms with Gasteiger partial charge >= 0.3 is 0 Å². The predicted molar refractivity (Wildman–Crippen MR) is 92.4 cm³/mol. The van der Waals surface area contributed by atoms with Crippen molar-refractivity contribution in [3.63, 3.8) is 0 Å². The number of anilines is 1. The zero-order chi connectivity index (χ0) is 17.6. The maximum Gasteiger partial charge on any atom is 0.257 e. The highest BCUT2D eigenvalue weighted by molar-refractivity contribution is 5.94. The van der Waals surface area contributed by atoms with E-state index in [2.05, 4.69) is 25.3 Å². The van der Waals surface area contributed by atoms with Crippen molar-refractivity contribution >= 4 is 11.9 Å². The fourth-order valence-electron chi connectivity index (χ4n) is 3.84. The number of nitrogens with one attached hydrogen (secondary N) is 1. The minimum Gasteiger partial charge on any atom is -0.374 e. The molecule has 0 spiro atoms. The number of ether oxygens (including phenoxy) is 1. The summed E-state index contributed by atoms with van der Waals surface area (Å²) >= 11 is 0. The summed E-state index contributed by atoms with van der Waals surface area (Å²) in [5.74, 6) is 0.513. The molecule has 134 valence electrons. The minimum atomic E-state index is -0.184. The monoisotopic (exact) mass is 352 g/mol. The largest absolute Gasteiger partial charge is 0.374 e. The van der Waals surface area contributed by atoms with Crippen molar-refractivity contribution in [2.75, 3.05) is 18.5 Å². The number of carbonyl (C=O) groups is 1. The number of rotatable bonds is 4. The average Bonchev–Trinajstić information content (AvgIpc) is 3.50. The Kier molecular flexibility index (Phi) is 3.59. The summed E-state index contributed by atoms with van der Waals surface area (Å²) in [6.45, 7) is 1.30. The Morgan fingerprint density at radius 3 is 2.50 bits per heavy atom. The van der Waals surface area contributed by atoms with Crippen molar-refractivity contribution in [2.45, 2.75) is 43.4 Å². The van der Waals surface area contributed by atoms with Crippen LogP contribution in [0.25, 0.3) is 0 Å². The topological polar surface area (TPSA) is 93.1 Å². The maximum absolute atomic E-state index is 12.8. The maximum atomic E-state index is 12.8. The normalized spacial score (nSPS) is 25.8. The molecule has 4 fully saturated rings. The number of piperidine rings is 1. The summed E-state index contributed by atoms with van der Waals surface area (Å²) in [5, 5.41) is 3.37. The third kappa shape index (κ3) is 2.70. The highest BCUT2D eigenvalue weighted by Gasteiger charge is 2.45. The SMILES string of the molecule is O=C(c1cnc(NC2(c3cncnc3)CC2)nc1)N1CC2CCC1CO2. The van der Waals surface area contributed by atoms with Crippen LogP contribution in [-0.4, -0.2) is 56.0 Å². The first-order chi connectivity index (χ1) is 12.7. The van der Waals surface area contributed by atoms with Gasteiger partial charge in [-0.1, -0.05) is 0 Å². The van der Waals surface area contributed by atoms with Crippen molar-refractivity contribution in [2.24, 2.45) is 0 Å². The summed E-state index contributed by atoms with van der Waals surface area (Å²) in [6, 6.07) is 0.179. The lowest BCUT2D eigenvalue weighted by Gasteiger charge is -2.45. The quantitative estimate of drug-likeness (QED) is 0.888. The number of aromatic nitrogens is 4. The number of carbonyl (C=O) groups excluding carboxylic acids is 1. The van der Waals surface area contributed by atoms with Gasteiger partial charge in [-0.2, -0.15) is 0 Å². The van der Waals surface area contributed by atoms with Crippen LogP contribution in [0.3, 0.4) is 0 Å². The molecule has 1 aliphatic carbocycles. The fraction of sp³-hybridized carbons (Fsp3) is 0.500. The third-order valence-corrected chi connectivity index (χ3v) is 5.56. The highest BCUT2D eigenvalue weighted by atomic mass is 16.5. The molecule has 2 atom stereocenters. The Bertz CT molecular complexity index is 800. The fourth-order valence-corrected chi connectivity index (χ4v) is 3.84. The van der Waals surface area contributed by atoms with Crippen molar-refractivity contribution in [3.8, 4) is 0 Å². The molecule has 4 aliphatic rings. The van der Waals surface area contributed by atoms with E-state index in [1.165, 1.54) is 6.33 Å². The van der Waals surface area contributed by atoms with Crippen LogP contribution in [0.5, 0.6) is 0 Å². The molecule has 1 N–H and O–H groups in total. The number of amides is 1. The molecular weight excluding hydrogens is 332 g/mol. The first-order valence-electron chi connectivity index (χ1n) is 9.02. The molecule has 6 rings (SSSR count). The molecular formula is C18H20N6O2. The van der Waals surface area contributed by atoms with Gasteiger partial charge in [0.05, 0.1) is 29.9 Å². The van der Waals surface area contributed by atoms with Crippen LogP contribution in [-0.2, 0) is 10.3 Å². The van der Waals surface area contributed by atoms with Gasteiger partial charge in [-0.05, 0) is 25.7 Å². The van der Waals surface area contributed by atoms with Gasteiger partial charge in [0.15, 0.2) is 0 Å². The lowest BCUT2D eigenvalue weighted by atomic mass is 9.96. The van der Waals surface area contributed by atoms with Crippen LogP contribution < -0.4 is 5.32 Å². The Labute approximate surface area is 151 Å². The second-order valence-electron chi connectivity index (χ2n) is 7.27. The first-order valence-corrected chi connectivity index (χ1v) is 9.02. The molecule has 3 aliphatic heterocycles. The Balaban J connectivity index is 1.30. The predicted octanol–water partition coefficient (Wildman–Crippen LogP) is 1.37. The summed E-state index contributed by atoms with van der Waals surface area (Å²) < 4.78 is 5.67. The molecule has 0 radical (unpaired) electrons. The number of hydrogen-bond acceptors (Lipinski definition) is 7. The van der Waals surface area contributed by atoms with E-state index in [1.807, 2.05) is 17.3 Å². The summed E-state index contributed by atoms with van der Waals surface area (Å²) in [5.41, 5.74) is 1.37. The number of hydrogen-bond donors (Lipinski definition) is 1. The lowest BCUT2D eigenvalue weighted by Crippen LogP contribution is -2.56. The Hall–Kier alpha value is -2.61. The van der Waals surface area contributed by atoms with Gasteiger partial charge in [-0.25, -0.2) is 19.9 Å².